The van der Waals surface area contributed by atoms with Gasteiger partial charge in [0.15, 0.2) is 0 Å². The van der Waals surface area contributed by atoms with Crippen molar-refractivity contribution in [3.8, 4) is 0 Å². The molecule has 2 rings (SSSR count). The lowest BCUT2D eigenvalue weighted by atomic mass is 10.0. The molecule has 0 aliphatic carbocycles. The van der Waals surface area contributed by atoms with Crippen molar-refractivity contribution in [3.05, 3.63) is 41.8 Å². The Morgan fingerprint density at radius 1 is 1.36 bits per heavy atom. The van der Waals surface area contributed by atoms with Crippen molar-refractivity contribution in [2.45, 2.75) is 6.42 Å². The number of hydrogen-bond donors (Lipinski definition) is 0. The molecule has 1 aliphatic rings. The molecular weight excluding hydrogens is 134 g/mol. The van der Waals surface area contributed by atoms with Crippen LogP contribution in [0.4, 0.5) is 0 Å². The lowest BCUT2D eigenvalue weighted by Crippen LogP contribution is -2.02. The molecule has 1 heterocycles. The van der Waals surface area contributed by atoms with Crippen LogP contribution < -0.4 is 0 Å². The molecule has 0 bridgehead atoms. The molecule has 0 saturated heterocycles. The average molecular weight is 144 g/mol. The molecule has 1 nitrogen and oxygen atoms in total. The van der Waals surface area contributed by atoms with Gasteiger partial charge in [0.2, 0.25) is 0 Å². The van der Waals surface area contributed by atoms with E-state index in [4.69, 9.17) is 0 Å². The molecule has 0 unspecified atom stereocenters. The van der Waals surface area contributed by atoms with Gasteiger partial charge in [0.25, 0.3) is 0 Å². The highest BCUT2D eigenvalue weighted by molar-refractivity contribution is 5.82. The maximum Gasteiger partial charge on any atom is 0.0430 e. The molecule has 1 radical (unpaired) electrons. The van der Waals surface area contributed by atoms with Gasteiger partial charge in [-0.1, -0.05) is 18.2 Å². The number of rotatable bonds is 0. The normalized spacial score (nSPS) is 14.6. The summed E-state index contributed by atoms with van der Waals surface area (Å²) in [5, 5.41) is 0. The molecule has 55 valence electrons. The van der Waals surface area contributed by atoms with E-state index in [1.807, 2.05) is 12.3 Å². The van der Waals surface area contributed by atoms with Crippen molar-refractivity contribution in [3.63, 3.8) is 0 Å². The number of hydrogen-bond acceptors (Lipinski definition) is 1. The Morgan fingerprint density at radius 2 is 2.27 bits per heavy atom. The Morgan fingerprint density at radius 3 is 3.18 bits per heavy atom. The molecule has 0 amide bonds. The molecule has 0 fully saturated rings. The van der Waals surface area contributed by atoms with E-state index < -0.39 is 0 Å². The lowest BCUT2D eigenvalue weighted by molar-refractivity contribution is 0.951. The van der Waals surface area contributed by atoms with Crippen LogP contribution in [0.3, 0.4) is 0 Å². The van der Waals surface area contributed by atoms with Crippen molar-refractivity contribution in [1.29, 1.82) is 0 Å². The van der Waals surface area contributed by atoms with Gasteiger partial charge in [-0.3, -0.25) is 4.99 Å². The van der Waals surface area contributed by atoms with Gasteiger partial charge in [0.05, 0.1) is 0 Å². The maximum atomic E-state index is 4.20. The van der Waals surface area contributed by atoms with Crippen LogP contribution in [0.15, 0.2) is 23.2 Å². The second-order valence-corrected chi connectivity index (χ2v) is 2.82. The van der Waals surface area contributed by atoms with E-state index in [2.05, 4.69) is 24.0 Å². The summed E-state index contributed by atoms with van der Waals surface area (Å²) in [6.45, 7) is 4.81. The smallest absolute Gasteiger partial charge is 0.0430 e. The van der Waals surface area contributed by atoms with E-state index in [1.54, 1.807) is 0 Å². The number of aliphatic imine (C=N–C) groups is 1. The summed E-state index contributed by atoms with van der Waals surface area (Å²) in [7, 11) is 0. The maximum absolute atomic E-state index is 4.20. The lowest BCUT2D eigenvalue weighted by Gasteiger charge is -2.09. The Labute approximate surface area is 66.8 Å². The first kappa shape index (κ1) is 6.59. The van der Waals surface area contributed by atoms with Gasteiger partial charge in [-0.2, -0.15) is 0 Å². The fourth-order valence-electron chi connectivity index (χ4n) is 1.35. The van der Waals surface area contributed by atoms with Crippen molar-refractivity contribution >= 4 is 6.21 Å². The average Bonchev–Trinajstić information content (AvgIpc) is 2.04. The second kappa shape index (κ2) is 2.50. The molecule has 11 heavy (non-hydrogen) atoms. The predicted molar refractivity (Wildman–Crippen MR) is 47.1 cm³/mol. The van der Waals surface area contributed by atoms with Crippen molar-refractivity contribution in [2.75, 3.05) is 6.54 Å². The standard InChI is InChI=1S/C10H10N/c1-8-2-3-10-7-11-5-4-9(10)6-8/h2-3,6-7H,1,4-5H2. The van der Waals surface area contributed by atoms with Gasteiger partial charge >= 0.3 is 0 Å². The highest BCUT2D eigenvalue weighted by Crippen LogP contribution is 2.13. The first-order valence-electron chi connectivity index (χ1n) is 3.81. The van der Waals surface area contributed by atoms with Gasteiger partial charge in [-0.05, 0) is 30.0 Å². The van der Waals surface area contributed by atoms with E-state index in [0.29, 0.717) is 0 Å². The minimum absolute atomic E-state index is 0.927. The van der Waals surface area contributed by atoms with Gasteiger partial charge in [-0.25, -0.2) is 0 Å². The zero-order chi connectivity index (χ0) is 7.68. The topological polar surface area (TPSA) is 12.4 Å². The predicted octanol–water partition coefficient (Wildman–Crippen LogP) is 1.84. The number of benzene rings is 1. The van der Waals surface area contributed by atoms with Crippen LogP contribution in [-0.4, -0.2) is 12.8 Å². The molecular formula is C10H10N. The van der Waals surface area contributed by atoms with Crippen molar-refractivity contribution in [2.24, 2.45) is 4.99 Å². The van der Waals surface area contributed by atoms with Crippen LogP contribution in [0.25, 0.3) is 0 Å². The molecule has 1 heteroatoms. The summed E-state index contributed by atoms with van der Waals surface area (Å²) in [6, 6.07) is 6.25. The summed E-state index contributed by atoms with van der Waals surface area (Å²) in [5.41, 5.74) is 3.73. The van der Waals surface area contributed by atoms with Crippen molar-refractivity contribution < 1.29 is 0 Å². The Kier molecular flexibility index (Phi) is 1.50. The summed E-state index contributed by atoms with van der Waals surface area (Å²) in [5.74, 6) is 0. The summed E-state index contributed by atoms with van der Waals surface area (Å²) >= 11 is 0. The Hall–Kier alpha value is -1.11. The molecule has 1 aromatic rings. The molecule has 0 atom stereocenters. The second-order valence-electron chi connectivity index (χ2n) is 2.82. The minimum Gasteiger partial charge on any atom is -0.292 e. The first-order valence-corrected chi connectivity index (χ1v) is 3.81. The van der Waals surface area contributed by atoms with Gasteiger partial charge < -0.3 is 0 Å². The van der Waals surface area contributed by atoms with Crippen LogP contribution in [0.1, 0.15) is 16.7 Å². The fraction of sp³-hybridized carbons (Fsp3) is 0.200. The SMILES string of the molecule is [CH2]c1ccc2c(c1)CCN=C2. The molecule has 0 saturated carbocycles. The number of fused-ring (bicyclic) bond motifs is 1. The molecule has 0 N–H and O–H groups in total. The quantitative estimate of drug-likeness (QED) is 0.527. The third kappa shape index (κ3) is 1.18. The van der Waals surface area contributed by atoms with Gasteiger partial charge in [0, 0.05) is 12.8 Å². The third-order valence-corrected chi connectivity index (χ3v) is 1.95. The van der Waals surface area contributed by atoms with Crippen LogP contribution in [-0.2, 0) is 6.42 Å². The van der Waals surface area contributed by atoms with E-state index in [1.165, 1.54) is 11.1 Å². The highest BCUT2D eigenvalue weighted by atomic mass is 14.7. The van der Waals surface area contributed by atoms with Crippen LogP contribution in [0.2, 0.25) is 0 Å². The minimum atomic E-state index is 0.927. The van der Waals surface area contributed by atoms with E-state index in [9.17, 15) is 0 Å². The summed E-state index contributed by atoms with van der Waals surface area (Å²) < 4.78 is 0. The fourth-order valence-corrected chi connectivity index (χ4v) is 1.35. The van der Waals surface area contributed by atoms with Gasteiger partial charge in [-0.15, -0.1) is 0 Å². The molecule has 0 aromatic heterocycles. The van der Waals surface area contributed by atoms with Gasteiger partial charge in [0.1, 0.15) is 0 Å². The van der Waals surface area contributed by atoms with Crippen LogP contribution in [0, 0.1) is 6.92 Å². The summed E-state index contributed by atoms with van der Waals surface area (Å²) in [6.07, 6.45) is 3.01. The zero-order valence-corrected chi connectivity index (χ0v) is 6.38. The van der Waals surface area contributed by atoms with Crippen LogP contribution >= 0.6 is 0 Å². The van der Waals surface area contributed by atoms with E-state index in [-0.39, 0.29) is 0 Å². The largest absolute Gasteiger partial charge is 0.292 e. The molecule has 1 aromatic carbocycles. The molecule has 0 spiro atoms. The Bertz CT molecular complexity index is 300. The molecule has 1 aliphatic heterocycles. The zero-order valence-electron chi connectivity index (χ0n) is 6.38. The Balaban J connectivity index is 2.53. The third-order valence-electron chi connectivity index (χ3n) is 1.95. The monoisotopic (exact) mass is 144 g/mol. The van der Waals surface area contributed by atoms with Crippen LogP contribution in [0.5, 0.6) is 0 Å². The first-order chi connectivity index (χ1) is 5.36. The number of nitrogens with zero attached hydrogens (tertiary/aromatic N) is 1. The van der Waals surface area contributed by atoms with Crippen molar-refractivity contribution in [1.82, 2.24) is 0 Å². The van der Waals surface area contributed by atoms with E-state index >= 15 is 0 Å². The highest BCUT2D eigenvalue weighted by Gasteiger charge is 2.03. The summed E-state index contributed by atoms with van der Waals surface area (Å²) in [4.78, 5) is 4.20. The van der Waals surface area contributed by atoms with E-state index in [0.717, 1.165) is 18.5 Å².